The standard InChI is InChI=1S/C24H20F3N7O3S/c1-12(24(25,26)27)36-22-19-17(6-9-30-22)32-23(38-19)33-18(35)7-10-29-21-16-11-15(20-31-13(2)37-34-20)4-3-14(16)5-8-28-21/h3-6,8-9,11-12H,7,10H2,1-2H3,(H,28,29)(H,32,33,35). The fraction of sp³-hybridized carbons (Fsp3) is 0.250. The molecule has 0 aliphatic heterocycles. The molecule has 38 heavy (non-hydrogen) atoms. The van der Waals surface area contributed by atoms with Crippen molar-refractivity contribution in [2.45, 2.75) is 32.5 Å². The predicted octanol–water partition coefficient (Wildman–Crippen LogP) is 5.37. The van der Waals surface area contributed by atoms with Crippen molar-refractivity contribution >= 4 is 49.2 Å². The first kappa shape index (κ1) is 25.3. The molecule has 4 aromatic heterocycles. The molecule has 196 valence electrons. The van der Waals surface area contributed by atoms with E-state index in [1.54, 1.807) is 13.1 Å². The van der Waals surface area contributed by atoms with E-state index in [0.29, 0.717) is 27.7 Å². The Kier molecular flexibility index (Phi) is 6.80. The molecule has 0 aliphatic rings. The number of carbonyl (C=O) groups is 1. The van der Waals surface area contributed by atoms with E-state index in [0.717, 1.165) is 34.6 Å². The molecule has 0 bridgehead atoms. The van der Waals surface area contributed by atoms with Crippen LogP contribution in [0, 0.1) is 6.92 Å². The number of aromatic nitrogens is 5. The van der Waals surface area contributed by atoms with Crippen LogP contribution in [0.25, 0.3) is 32.4 Å². The van der Waals surface area contributed by atoms with Crippen molar-refractivity contribution in [3.8, 4) is 17.3 Å². The van der Waals surface area contributed by atoms with Gasteiger partial charge < -0.3 is 19.9 Å². The fourth-order valence-electron chi connectivity index (χ4n) is 3.54. The summed E-state index contributed by atoms with van der Waals surface area (Å²) in [6.45, 7) is 2.88. The Morgan fingerprint density at radius 1 is 1.16 bits per heavy atom. The summed E-state index contributed by atoms with van der Waals surface area (Å²) in [5.74, 6) is 0.984. The van der Waals surface area contributed by atoms with Crippen LogP contribution in [-0.4, -0.2) is 49.8 Å². The molecule has 14 heteroatoms. The second-order valence-electron chi connectivity index (χ2n) is 8.24. The summed E-state index contributed by atoms with van der Waals surface area (Å²) in [7, 11) is 0. The largest absolute Gasteiger partial charge is 0.464 e. The third kappa shape index (κ3) is 5.49. The third-order valence-corrected chi connectivity index (χ3v) is 6.44. The number of anilines is 2. The Bertz CT molecular complexity index is 1620. The van der Waals surface area contributed by atoms with Crippen molar-refractivity contribution in [1.29, 1.82) is 0 Å². The molecule has 4 heterocycles. The quantitative estimate of drug-likeness (QED) is 0.265. The summed E-state index contributed by atoms with van der Waals surface area (Å²) in [5.41, 5.74) is 1.14. The zero-order valence-electron chi connectivity index (χ0n) is 20.0. The van der Waals surface area contributed by atoms with Gasteiger partial charge in [-0.2, -0.15) is 18.2 Å². The number of halogens is 3. The first-order valence-electron chi connectivity index (χ1n) is 11.4. The monoisotopic (exact) mass is 543 g/mol. The molecule has 1 unspecified atom stereocenters. The van der Waals surface area contributed by atoms with E-state index in [2.05, 4.69) is 35.7 Å². The zero-order valence-corrected chi connectivity index (χ0v) is 20.9. The van der Waals surface area contributed by atoms with Crippen molar-refractivity contribution in [1.82, 2.24) is 25.1 Å². The molecule has 0 saturated heterocycles. The maximum atomic E-state index is 12.9. The lowest BCUT2D eigenvalue weighted by Crippen LogP contribution is -2.31. The van der Waals surface area contributed by atoms with E-state index in [1.807, 2.05) is 24.3 Å². The number of aryl methyl sites for hydroxylation is 1. The van der Waals surface area contributed by atoms with E-state index >= 15 is 0 Å². The number of amides is 1. The minimum Gasteiger partial charge on any atom is -0.464 e. The second kappa shape index (κ2) is 10.2. The highest BCUT2D eigenvalue weighted by Crippen LogP contribution is 2.34. The Hall–Kier alpha value is -4.33. The normalized spacial score (nSPS) is 12.6. The van der Waals surface area contributed by atoms with Gasteiger partial charge in [-0.05, 0) is 30.5 Å². The van der Waals surface area contributed by atoms with Crippen molar-refractivity contribution in [3.63, 3.8) is 0 Å². The summed E-state index contributed by atoms with van der Waals surface area (Å²) < 4.78 is 49.0. The van der Waals surface area contributed by atoms with Crippen LogP contribution in [0.3, 0.4) is 0 Å². The molecule has 5 rings (SSSR count). The van der Waals surface area contributed by atoms with E-state index in [9.17, 15) is 18.0 Å². The van der Waals surface area contributed by atoms with Crippen LogP contribution in [-0.2, 0) is 4.79 Å². The number of benzene rings is 1. The number of ether oxygens (including phenoxy) is 1. The molecular weight excluding hydrogens is 523 g/mol. The Labute approximate surface area is 217 Å². The van der Waals surface area contributed by atoms with Gasteiger partial charge in [0.05, 0.1) is 5.52 Å². The molecule has 10 nitrogen and oxygen atoms in total. The van der Waals surface area contributed by atoms with Crippen molar-refractivity contribution < 1.29 is 27.2 Å². The average molecular weight is 544 g/mol. The maximum Gasteiger partial charge on any atom is 0.425 e. The number of hydrogen-bond donors (Lipinski definition) is 2. The van der Waals surface area contributed by atoms with Crippen LogP contribution in [0.5, 0.6) is 5.88 Å². The molecule has 2 N–H and O–H groups in total. The predicted molar refractivity (Wildman–Crippen MR) is 135 cm³/mol. The van der Waals surface area contributed by atoms with Crippen LogP contribution >= 0.6 is 11.3 Å². The highest BCUT2D eigenvalue weighted by Gasteiger charge is 2.38. The second-order valence-corrected chi connectivity index (χ2v) is 9.24. The Balaban J connectivity index is 1.24. The number of fused-ring (bicyclic) bond motifs is 2. The van der Waals surface area contributed by atoms with Crippen molar-refractivity contribution in [2.75, 3.05) is 17.2 Å². The van der Waals surface area contributed by atoms with Crippen LogP contribution in [0.15, 0.2) is 47.2 Å². The van der Waals surface area contributed by atoms with Gasteiger partial charge in [-0.25, -0.2) is 15.0 Å². The van der Waals surface area contributed by atoms with Gasteiger partial charge in [-0.15, -0.1) is 0 Å². The van der Waals surface area contributed by atoms with Crippen molar-refractivity contribution in [3.05, 3.63) is 48.6 Å². The molecule has 0 saturated carbocycles. The average Bonchev–Trinajstić information content (AvgIpc) is 3.49. The van der Waals surface area contributed by atoms with E-state index in [1.165, 1.54) is 12.3 Å². The lowest BCUT2D eigenvalue weighted by Gasteiger charge is -2.16. The lowest BCUT2D eigenvalue weighted by molar-refractivity contribution is -0.189. The summed E-state index contributed by atoms with van der Waals surface area (Å²) in [4.78, 5) is 29.3. The Morgan fingerprint density at radius 3 is 2.74 bits per heavy atom. The van der Waals surface area contributed by atoms with Gasteiger partial charge in [0.15, 0.2) is 11.2 Å². The minimum absolute atomic E-state index is 0.0877. The third-order valence-electron chi connectivity index (χ3n) is 5.46. The maximum absolute atomic E-state index is 12.9. The van der Waals surface area contributed by atoms with Gasteiger partial charge in [-0.1, -0.05) is 28.6 Å². The highest BCUT2D eigenvalue weighted by atomic mass is 32.1. The van der Waals surface area contributed by atoms with Gasteiger partial charge in [-0.3, -0.25) is 4.79 Å². The molecule has 0 spiro atoms. The number of thiazole rings is 1. The number of pyridine rings is 2. The first-order valence-corrected chi connectivity index (χ1v) is 12.2. The number of nitrogens with zero attached hydrogens (tertiary/aromatic N) is 5. The van der Waals surface area contributed by atoms with Gasteiger partial charge in [0, 0.05) is 43.2 Å². The van der Waals surface area contributed by atoms with E-state index in [4.69, 9.17) is 9.26 Å². The summed E-state index contributed by atoms with van der Waals surface area (Å²) >= 11 is 0.988. The number of alkyl halides is 3. The van der Waals surface area contributed by atoms with Crippen LogP contribution < -0.4 is 15.4 Å². The molecule has 5 aromatic rings. The van der Waals surface area contributed by atoms with Gasteiger partial charge in [0.25, 0.3) is 0 Å². The number of nitrogens with one attached hydrogen (secondary N) is 2. The summed E-state index contributed by atoms with van der Waals surface area (Å²) in [5, 5.41) is 11.8. The highest BCUT2D eigenvalue weighted by molar-refractivity contribution is 7.22. The van der Waals surface area contributed by atoms with Crippen LogP contribution in [0.4, 0.5) is 24.1 Å². The lowest BCUT2D eigenvalue weighted by atomic mass is 10.1. The van der Waals surface area contributed by atoms with E-state index in [-0.39, 0.29) is 29.9 Å². The topological polar surface area (TPSA) is 128 Å². The van der Waals surface area contributed by atoms with Gasteiger partial charge in [0.1, 0.15) is 10.5 Å². The fourth-order valence-corrected chi connectivity index (χ4v) is 4.45. The molecule has 0 aliphatic carbocycles. The van der Waals surface area contributed by atoms with Gasteiger partial charge >= 0.3 is 6.18 Å². The number of hydrogen-bond acceptors (Lipinski definition) is 10. The molecule has 1 atom stereocenters. The summed E-state index contributed by atoms with van der Waals surface area (Å²) in [6.07, 6.45) is -3.52. The van der Waals surface area contributed by atoms with Crippen LogP contribution in [0.2, 0.25) is 0 Å². The smallest absolute Gasteiger partial charge is 0.425 e. The first-order chi connectivity index (χ1) is 18.2. The molecule has 0 fully saturated rings. The Morgan fingerprint density at radius 2 is 1.97 bits per heavy atom. The summed E-state index contributed by atoms with van der Waals surface area (Å²) in [6, 6.07) is 9.10. The van der Waals surface area contributed by atoms with Gasteiger partial charge in [0.2, 0.25) is 23.5 Å². The zero-order chi connectivity index (χ0) is 26.9. The number of carbonyl (C=O) groups excluding carboxylic acids is 1. The van der Waals surface area contributed by atoms with Crippen molar-refractivity contribution in [2.24, 2.45) is 0 Å². The van der Waals surface area contributed by atoms with Crippen LogP contribution in [0.1, 0.15) is 19.2 Å². The van der Waals surface area contributed by atoms with E-state index < -0.39 is 12.3 Å². The number of rotatable bonds is 8. The molecule has 1 amide bonds. The molecule has 1 aromatic carbocycles. The SMILES string of the molecule is Cc1nc(-c2ccc3ccnc(NCCC(=O)Nc4nc5ccnc(OC(C)C(F)(F)F)c5s4)c3c2)no1. The minimum atomic E-state index is -4.54. The molecule has 0 radical (unpaired) electrons. The molecular formula is C24H20F3N7O3S.